The lowest BCUT2D eigenvalue weighted by Crippen LogP contribution is -2.44. The fraction of sp³-hybridized carbons (Fsp3) is 0.417. The van der Waals surface area contributed by atoms with E-state index in [9.17, 15) is 9.59 Å². The molecule has 1 saturated heterocycles. The lowest BCUT2D eigenvalue weighted by molar-refractivity contribution is -0.141. The highest BCUT2D eigenvalue weighted by Gasteiger charge is 2.31. The Hall–Kier alpha value is -2.86. The van der Waals surface area contributed by atoms with Crippen LogP contribution in [0.2, 0.25) is 0 Å². The van der Waals surface area contributed by atoms with Gasteiger partial charge in [0, 0.05) is 26.1 Å². The van der Waals surface area contributed by atoms with E-state index in [0.717, 1.165) is 36.3 Å². The van der Waals surface area contributed by atoms with Gasteiger partial charge in [0.15, 0.2) is 0 Å². The fourth-order valence-corrected chi connectivity index (χ4v) is 3.68. The zero-order valence-corrected chi connectivity index (χ0v) is 17.7. The van der Waals surface area contributed by atoms with Crippen molar-refractivity contribution in [1.82, 2.24) is 10.2 Å². The molecule has 160 valence electrons. The molecular formula is C24H30N2O4. The summed E-state index contributed by atoms with van der Waals surface area (Å²) in [5.74, 6) is 0.486. The summed E-state index contributed by atoms with van der Waals surface area (Å²) in [4.78, 5) is 27.8. The number of carbonyl (C=O) groups is 2. The Kier molecular flexibility index (Phi) is 7.85. The van der Waals surface area contributed by atoms with E-state index in [4.69, 9.17) is 9.47 Å². The molecule has 2 amide bonds. The van der Waals surface area contributed by atoms with Gasteiger partial charge in [-0.25, -0.2) is 0 Å². The van der Waals surface area contributed by atoms with Crippen LogP contribution in [0.25, 0.3) is 0 Å². The van der Waals surface area contributed by atoms with Crippen LogP contribution < -0.4 is 10.1 Å². The topological polar surface area (TPSA) is 67.9 Å². The van der Waals surface area contributed by atoms with Gasteiger partial charge in [0.2, 0.25) is 11.8 Å². The van der Waals surface area contributed by atoms with Crippen molar-refractivity contribution in [2.75, 3.05) is 20.3 Å². The fourth-order valence-electron chi connectivity index (χ4n) is 3.68. The average molecular weight is 411 g/mol. The predicted molar refractivity (Wildman–Crippen MR) is 115 cm³/mol. The summed E-state index contributed by atoms with van der Waals surface area (Å²) < 4.78 is 10.9. The molecule has 3 rings (SSSR count). The molecule has 6 nitrogen and oxygen atoms in total. The number of nitrogens with zero attached hydrogens (tertiary/aromatic N) is 1. The first-order valence-corrected chi connectivity index (χ1v) is 10.5. The van der Waals surface area contributed by atoms with Crippen molar-refractivity contribution in [2.24, 2.45) is 0 Å². The molecule has 1 N–H and O–H groups in total. The molecule has 0 saturated carbocycles. The third-order valence-electron chi connectivity index (χ3n) is 5.34. The number of nitrogens with one attached hydrogen (secondary N) is 1. The number of hydrogen-bond donors (Lipinski definition) is 1. The minimum absolute atomic E-state index is 0.0438. The molecule has 1 aliphatic heterocycles. The van der Waals surface area contributed by atoms with Crippen molar-refractivity contribution in [3.63, 3.8) is 0 Å². The summed E-state index contributed by atoms with van der Waals surface area (Å²) in [5.41, 5.74) is 1.73. The summed E-state index contributed by atoms with van der Waals surface area (Å²) in [6.07, 6.45) is 2.32. The highest BCUT2D eigenvalue weighted by Crippen LogP contribution is 2.25. The van der Waals surface area contributed by atoms with E-state index in [2.05, 4.69) is 5.32 Å². The third kappa shape index (κ3) is 5.60. The Bertz CT molecular complexity index is 817. The molecule has 30 heavy (non-hydrogen) atoms. The first kappa shape index (κ1) is 21.8. The van der Waals surface area contributed by atoms with Gasteiger partial charge in [-0.15, -0.1) is 0 Å². The van der Waals surface area contributed by atoms with Crippen LogP contribution in [-0.2, 0) is 20.9 Å². The quantitative estimate of drug-likeness (QED) is 0.687. The molecule has 6 heteroatoms. The molecule has 0 bridgehead atoms. The zero-order valence-electron chi connectivity index (χ0n) is 17.7. The lowest BCUT2D eigenvalue weighted by atomic mass is 10.0. The Labute approximate surface area is 178 Å². The van der Waals surface area contributed by atoms with Gasteiger partial charge >= 0.3 is 0 Å². The maximum absolute atomic E-state index is 13.3. The largest absolute Gasteiger partial charge is 0.497 e. The monoisotopic (exact) mass is 410 g/mol. The average Bonchev–Trinajstić information content (AvgIpc) is 3.31. The molecule has 0 spiro atoms. The minimum atomic E-state index is -0.706. The van der Waals surface area contributed by atoms with E-state index in [1.54, 1.807) is 12.0 Å². The summed E-state index contributed by atoms with van der Waals surface area (Å²) in [7, 11) is 1.62. The van der Waals surface area contributed by atoms with E-state index >= 15 is 0 Å². The molecule has 0 aliphatic carbocycles. The molecule has 1 heterocycles. The molecule has 2 aromatic carbocycles. The molecule has 1 fully saturated rings. The van der Waals surface area contributed by atoms with Crippen molar-refractivity contribution in [1.29, 1.82) is 0 Å². The van der Waals surface area contributed by atoms with Gasteiger partial charge in [-0.2, -0.15) is 0 Å². The Morgan fingerprint density at radius 3 is 2.50 bits per heavy atom. The van der Waals surface area contributed by atoms with Crippen LogP contribution >= 0.6 is 0 Å². The Morgan fingerprint density at radius 1 is 1.17 bits per heavy atom. The van der Waals surface area contributed by atoms with Gasteiger partial charge in [-0.05, 0) is 36.1 Å². The minimum Gasteiger partial charge on any atom is -0.497 e. The van der Waals surface area contributed by atoms with Gasteiger partial charge in [0.05, 0.1) is 13.2 Å². The van der Waals surface area contributed by atoms with Gasteiger partial charge < -0.3 is 19.7 Å². The SMILES string of the molecule is CCC(=O)N(Cc1ccc(OC)cc1)[C@@H](C(=O)NC[C@H]1CCCO1)c1ccccc1. The van der Waals surface area contributed by atoms with Crippen LogP contribution in [0.1, 0.15) is 43.4 Å². The molecule has 0 aromatic heterocycles. The molecule has 2 aromatic rings. The van der Waals surface area contributed by atoms with Crippen molar-refractivity contribution in [3.05, 3.63) is 65.7 Å². The normalized spacial score (nSPS) is 16.7. The smallest absolute Gasteiger partial charge is 0.247 e. The first-order valence-electron chi connectivity index (χ1n) is 10.5. The Morgan fingerprint density at radius 2 is 1.90 bits per heavy atom. The maximum Gasteiger partial charge on any atom is 0.247 e. The van der Waals surface area contributed by atoms with E-state index in [1.807, 2.05) is 61.5 Å². The second-order valence-corrected chi connectivity index (χ2v) is 7.42. The number of ether oxygens (including phenoxy) is 2. The number of methoxy groups -OCH3 is 1. The van der Waals surface area contributed by atoms with E-state index in [1.165, 1.54) is 0 Å². The van der Waals surface area contributed by atoms with Crippen molar-refractivity contribution in [2.45, 2.75) is 44.9 Å². The predicted octanol–water partition coefficient (Wildman–Crippen LogP) is 3.47. The van der Waals surface area contributed by atoms with Crippen molar-refractivity contribution < 1.29 is 19.1 Å². The molecule has 0 radical (unpaired) electrons. The van der Waals surface area contributed by atoms with Crippen LogP contribution in [0.15, 0.2) is 54.6 Å². The third-order valence-corrected chi connectivity index (χ3v) is 5.34. The van der Waals surface area contributed by atoms with Crippen LogP contribution in [0.4, 0.5) is 0 Å². The standard InChI is InChI=1S/C24H30N2O4/c1-3-22(27)26(17-18-11-13-20(29-2)14-12-18)23(19-8-5-4-6-9-19)24(28)25-16-21-10-7-15-30-21/h4-6,8-9,11-14,21,23H,3,7,10,15-17H2,1-2H3,(H,25,28)/t21-,23-/m1/s1. The molecule has 1 aliphatic rings. The lowest BCUT2D eigenvalue weighted by Gasteiger charge is -2.31. The Balaban J connectivity index is 1.85. The van der Waals surface area contributed by atoms with Crippen LogP contribution in [0.3, 0.4) is 0 Å². The number of benzene rings is 2. The zero-order chi connectivity index (χ0) is 21.3. The number of rotatable bonds is 9. The molecule has 0 unspecified atom stereocenters. The van der Waals surface area contributed by atoms with Gasteiger partial charge in [-0.1, -0.05) is 49.4 Å². The van der Waals surface area contributed by atoms with E-state index < -0.39 is 6.04 Å². The molecular weight excluding hydrogens is 380 g/mol. The highest BCUT2D eigenvalue weighted by molar-refractivity contribution is 5.88. The second-order valence-electron chi connectivity index (χ2n) is 7.42. The summed E-state index contributed by atoms with van der Waals surface area (Å²) in [6, 6.07) is 16.3. The van der Waals surface area contributed by atoms with E-state index in [-0.39, 0.29) is 17.9 Å². The van der Waals surface area contributed by atoms with Crippen molar-refractivity contribution in [3.8, 4) is 5.75 Å². The summed E-state index contributed by atoms with van der Waals surface area (Å²) in [5, 5.41) is 3.01. The number of amides is 2. The first-order chi connectivity index (χ1) is 14.6. The van der Waals surface area contributed by atoms with Crippen LogP contribution in [0, 0.1) is 0 Å². The summed E-state index contributed by atoms with van der Waals surface area (Å²) in [6.45, 7) is 3.35. The van der Waals surface area contributed by atoms with Crippen molar-refractivity contribution >= 4 is 11.8 Å². The van der Waals surface area contributed by atoms with Gasteiger partial charge in [-0.3, -0.25) is 9.59 Å². The molecule has 2 atom stereocenters. The maximum atomic E-state index is 13.3. The van der Waals surface area contributed by atoms with Gasteiger partial charge in [0.25, 0.3) is 0 Å². The number of carbonyl (C=O) groups excluding carboxylic acids is 2. The number of hydrogen-bond acceptors (Lipinski definition) is 4. The van der Waals surface area contributed by atoms with Gasteiger partial charge in [0.1, 0.15) is 11.8 Å². The second kappa shape index (κ2) is 10.8. The summed E-state index contributed by atoms with van der Waals surface area (Å²) >= 11 is 0. The van der Waals surface area contributed by atoms with Crippen LogP contribution in [-0.4, -0.2) is 43.1 Å². The van der Waals surface area contributed by atoms with E-state index in [0.29, 0.717) is 19.5 Å². The van der Waals surface area contributed by atoms with Crippen LogP contribution in [0.5, 0.6) is 5.75 Å². The highest BCUT2D eigenvalue weighted by atomic mass is 16.5.